The molecule has 0 unspecified atom stereocenters. The molecular weight excluding hydrogens is 335 g/mol. The van der Waals surface area contributed by atoms with Gasteiger partial charge < -0.3 is 14.8 Å². The maximum atomic E-state index is 13.4. The molecule has 2 aromatic heterocycles. The Bertz CT molecular complexity index is 891. The van der Waals surface area contributed by atoms with E-state index in [4.69, 9.17) is 12.2 Å². The Morgan fingerprint density at radius 3 is 2.52 bits per heavy atom. The molecule has 0 radical (unpaired) electrons. The van der Waals surface area contributed by atoms with Crippen LogP contribution in [0.1, 0.15) is 23.5 Å². The lowest BCUT2D eigenvalue weighted by Gasteiger charge is -2.28. The lowest BCUT2D eigenvalue weighted by Crippen LogP contribution is -2.30. The Morgan fingerprint density at radius 1 is 1.08 bits per heavy atom. The third-order valence-corrected chi connectivity index (χ3v) is 4.80. The fourth-order valence-corrected chi connectivity index (χ4v) is 3.66. The van der Waals surface area contributed by atoms with Gasteiger partial charge in [-0.1, -0.05) is 6.07 Å². The van der Waals surface area contributed by atoms with Crippen molar-refractivity contribution in [3.8, 4) is 0 Å². The molecule has 3 aromatic rings. The zero-order valence-corrected chi connectivity index (χ0v) is 14.4. The Labute approximate surface area is 150 Å². The molecule has 0 aliphatic carbocycles. The molecule has 4 rings (SSSR count). The standard InChI is InChI=1S/C19H17FN4S/c1-23-12-4-6-16(23)18-17(15-5-2-3-11-21-15)22-19(25)24(18)14-9-7-13(20)8-10-14/h2-12,17-18H,1H3,(H,22,25)/t17-,18+/m1/s1. The topological polar surface area (TPSA) is 33.1 Å². The predicted molar refractivity (Wildman–Crippen MR) is 99.7 cm³/mol. The fraction of sp³-hybridized carbons (Fsp3) is 0.158. The second kappa shape index (κ2) is 6.29. The second-order valence-corrected chi connectivity index (χ2v) is 6.40. The number of anilines is 1. The number of benzene rings is 1. The molecule has 1 saturated heterocycles. The van der Waals surface area contributed by atoms with Gasteiger partial charge in [0.2, 0.25) is 0 Å². The van der Waals surface area contributed by atoms with Crippen molar-refractivity contribution in [3.63, 3.8) is 0 Å². The molecule has 1 fully saturated rings. The van der Waals surface area contributed by atoms with E-state index < -0.39 is 0 Å². The number of thiocarbonyl (C=S) groups is 1. The highest BCUT2D eigenvalue weighted by Crippen LogP contribution is 2.41. The lowest BCUT2D eigenvalue weighted by atomic mass is 10.0. The predicted octanol–water partition coefficient (Wildman–Crippen LogP) is 3.74. The van der Waals surface area contributed by atoms with Crippen molar-refractivity contribution in [1.82, 2.24) is 14.9 Å². The summed E-state index contributed by atoms with van der Waals surface area (Å²) in [4.78, 5) is 6.54. The maximum Gasteiger partial charge on any atom is 0.174 e. The molecule has 0 spiro atoms. The average molecular weight is 352 g/mol. The summed E-state index contributed by atoms with van der Waals surface area (Å²) < 4.78 is 15.4. The van der Waals surface area contributed by atoms with Crippen molar-refractivity contribution in [1.29, 1.82) is 0 Å². The van der Waals surface area contributed by atoms with Crippen LogP contribution in [0, 0.1) is 5.82 Å². The van der Waals surface area contributed by atoms with E-state index in [1.54, 1.807) is 18.3 Å². The van der Waals surface area contributed by atoms with Crippen LogP contribution in [0.15, 0.2) is 67.0 Å². The normalized spacial score (nSPS) is 19.9. The van der Waals surface area contributed by atoms with E-state index in [1.165, 1.54) is 12.1 Å². The van der Waals surface area contributed by atoms with E-state index >= 15 is 0 Å². The van der Waals surface area contributed by atoms with Crippen LogP contribution >= 0.6 is 12.2 Å². The highest BCUT2D eigenvalue weighted by atomic mass is 32.1. The minimum Gasteiger partial charge on any atom is -0.353 e. The summed E-state index contributed by atoms with van der Waals surface area (Å²) in [7, 11) is 2.01. The third kappa shape index (κ3) is 2.78. The first kappa shape index (κ1) is 15.8. The van der Waals surface area contributed by atoms with Crippen molar-refractivity contribution < 1.29 is 4.39 Å². The number of aryl methyl sites for hydroxylation is 1. The smallest absolute Gasteiger partial charge is 0.174 e. The lowest BCUT2D eigenvalue weighted by molar-refractivity contribution is 0.541. The first-order valence-electron chi connectivity index (χ1n) is 8.02. The van der Waals surface area contributed by atoms with Crippen molar-refractivity contribution in [2.24, 2.45) is 7.05 Å². The molecule has 6 heteroatoms. The van der Waals surface area contributed by atoms with Gasteiger partial charge in [0.25, 0.3) is 0 Å². The number of halogens is 1. The molecule has 0 bridgehead atoms. The second-order valence-electron chi connectivity index (χ2n) is 6.02. The average Bonchev–Trinajstić information content (AvgIpc) is 3.19. The van der Waals surface area contributed by atoms with Crippen LogP contribution in [-0.2, 0) is 7.05 Å². The van der Waals surface area contributed by atoms with E-state index in [2.05, 4.69) is 20.9 Å². The minimum atomic E-state index is -0.265. The van der Waals surface area contributed by atoms with Crippen LogP contribution in [0.5, 0.6) is 0 Å². The first-order valence-corrected chi connectivity index (χ1v) is 8.43. The summed E-state index contributed by atoms with van der Waals surface area (Å²) >= 11 is 5.61. The van der Waals surface area contributed by atoms with E-state index in [9.17, 15) is 4.39 Å². The molecule has 3 heterocycles. The molecular formula is C19H17FN4S. The zero-order chi connectivity index (χ0) is 17.4. The van der Waals surface area contributed by atoms with Gasteiger partial charge in [-0.3, -0.25) is 4.98 Å². The Balaban J connectivity index is 1.83. The molecule has 25 heavy (non-hydrogen) atoms. The molecule has 1 aliphatic heterocycles. The van der Waals surface area contributed by atoms with E-state index in [-0.39, 0.29) is 17.9 Å². The van der Waals surface area contributed by atoms with Crippen molar-refractivity contribution in [2.45, 2.75) is 12.1 Å². The van der Waals surface area contributed by atoms with Gasteiger partial charge in [-0.05, 0) is 60.7 Å². The number of hydrogen-bond donors (Lipinski definition) is 1. The summed E-state index contributed by atoms with van der Waals surface area (Å²) in [6, 6.07) is 16.2. The van der Waals surface area contributed by atoms with Gasteiger partial charge in [0.15, 0.2) is 5.11 Å². The van der Waals surface area contributed by atoms with Crippen molar-refractivity contribution >= 4 is 23.0 Å². The Kier molecular flexibility index (Phi) is 3.97. The highest BCUT2D eigenvalue weighted by Gasteiger charge is 2.41. The Morgan fingerprint density at radius 2 is 1.88 bits per heavy atom. The number of pyridine rings is 1. The zero-order valence-electron chi connectivity index (χ0n) is 13.6. The third-order valence-electron chi connectivity index (χ3n) is 4.49. The Hall–Kier alpha value is -2.73. The van der Waals surface area contributed by atoms with Crippen molar-refractivity contribution in [3.05, 3.63) is 84.2 Å². The first-order chi connectivity index (χ1) is 12.1. The number of nitrogens with zero attached hydrogens (tertiary/aromatic N) is 3. The van der Waals surface area contributed by atoms with Gasteiger partial charge in [0.1, 0.15) is 11.9 Å². The van der Waals surface area contributed by atoms with E-state index in [0.29, 0.717) is 5.11 Å². The number of aromatic nitrogens is 2. The van der Waals surface area contributed by atoms with Crippen LogP contribution < -0.4 is 10.2 Å². The summed E-state index contributed by atoms with van der Waals surface area (Å²) in [5, 5.41) is 3.99. The summed E-state index contributed by atoms with van der Waals surface area (Å²) in [6.45, 7) is 0. The summed E-state index contributed by atoms with van der Waals surface area (Å²) in [5.41, 5.74) is 2.87. The van der Waals surface area contributed by atoms with Crippen LogP contribution in [0.3, 0.4) is 0 Å². The van der Waals surface area contributed by atoms with Crippen molar-refractivity contribution in [2.75, 3.05) is 4.90 Å². The molecule has 0 amide bonds. The largest absolute Gasteiger partial charge is 0.353 e. The minimum absolute atomic E-state index is 0.0761. The van der Waals surface area contributed by atoms with Crippen LogP contribution in [-0.4, -0.2) is 14.7 Å². The number of nitrogens with one attached hydrogen (secondary N) is 1. The van der Waals surface area contributed by atoms with E-state index in [1.807, 2.05) is 42.4 Å². The number of hydrogen-bond acceptors (Lipinski definition) is 2. The van der Waals surface area contributed by atoms with Gasteiger partial charge in [0.05, 0.1) is 11.7 Å². The van der Waals surface area contributed by atoms with Gasteiger partial charge in [-0.15, -0.1) is 0 Å². The SMILES string of the molecule is Cn1cccc1[C@H]1[C@@H](c2ccccn2)NC(=S)N1c1ccc(F)cc1. The molecule has 0 saturated carbocycles. The van der Waals surface area contributed by atoms with Gasteiger partial charge in [-0.2, -0.15) is 0 Å². The molecule has 1 aliphatic rings. The molecule has 4 nitrogen and oxygen atoms in total. The molecule has 126 valence electrons. The van der Waals surface area contributed by atoms with Crippen LogP contribution in [0.25, 0.3) is 0 Å². The quantitative estimate of drug-likeness (QED) is 0.728. The molecule has 1 aromatic carbocycles. The number of rotatable bonds is 3. The fourth-order valence-electron chi connectivity index (χ4n) is 3.32. The molecule has 2 atom stereocenters. The summed E-state index contributed by atoms with van der Waals surface area (Å²) in [6.07, 6.45) is 3.79. The maximum absolute atomic E-state index is 13.4. The van der Waals surface area contributed by atoms with Crippen LogP contribution in [0.4, 0.5) is 10.1 Å². The molecule has 1 N–H and O–H groups in total. The highest BCUT2D eigenvalue weighted by molar-refractivity contribution is 7.80. The van der Waals surface area contributed by atoms with Gasteiger partial charge >= 0.3 is 0 Å². The van der Waals surface area contributed by atoms with Gasteiger partial charge in [0, 0.05) is 30.8 Å². The van der Waals surface area contributed by atoms with Crippen LogP contribution in [0.2, 0.25) is 0 Å². The van der Waals surface area contributed by atoms with E-state index in [0.717, 1.165) is 17.1 Å². The monoisotopic (exact) mass is 352 g/mol. The summed E-state index contributed by atoms with van der Waals surface area (Å²) in [5.74, 6) is -0.265. The van der Waals surface area contributed by atoms with Gasteiger partial charge in [-0.25, -0.2) is 4.39 Å².